The maximum Gasteiger partial charge on any atom is 0.0771 e. The average Bonchev–Trinajstić information content (AvgIpc) is 2.21. The molecule has 1 fully saturated rings. The lowest BCUT2D eigenvalue weighted by atomic mass is 9.80. The van der Waals surface area contributed by atoms with Crippen molar-refractivity contribution in [1.29, 1.82) is 0 Å². The van der Waals surface area contributed by atoms with Crippen LogP contribution in [0.25, 0.3) is 0 Å². The van der Waals surface area contributed by atoms with Crippen molar-refractivity contribution >= 4 is 27.5 Å². The molecular weight excluding hydrogens is 289 g/mol. The molecule has 1 saturated carbocycles. The number of benzene rings is 1. The summed E-state index contributed by atoms with van der Waals surface area (Å²) in [6.45, 7) is 1.38. The van der Waals surface area contributed by atoms with Gasteiger partial charge in [0.2, 0.25) is 0 Å². The Bertz CT molecular complexity index is 379. The first-order valence-corrected chi connectivity index (χ1v) is 6.63. The zero-order valence-corrected chi connectivity index (χ0v) is 11.3. The maximum atomic E-state index is 9.91. The summed E-state index contributed by atoms with van der Waals surface area (Å²) < 4.78 is 1.05. The van der Waals surface area contributed by atoms with Crippen LogP contribution in [0, 0.1) is 0 Å². The topological polar surface area (TPSA) is 32.3 Å². The highest BCUT2D eigenvalue weighted by Gasteiger charge is 2.33. The summed E-state index contributed by atoms with van der Waals surface area (Å²) >= 11 is 9.41. The lowest BCUT2D eigenvalue weighted by molar-refractivity contribution is -0.0314. The molecule has 88 valence electrons. The predicted molar refractivity (Wildman–Crippen MR) is 69.7 cm³/mol. The molecule has 1 aliphatic carbocycles. The number of nitrogens with one attached hydrogen (secondary N) is 1. The molecule has 2 rings (SSSR count). The summed E-state index contributed by atoms with van der Waals surface area (Å²) in [4.78, 5) is 0. The van der Waals surface area contributed by atoms with Crippen LogP contribution in [0.15, 0.2) is 22.7 Å². The van der Waals surface area contributed by atoms with Gasteiger partial charge in [-0.15, -0.1) is 0 Å². The average molecular weight is 305 g/mol. The van der Waals surface area contributed by atoms with E-state index in [1.54, 1.807) is 0 Å². The number of hydrogen-bond acceptors (Lipinski definition) is 2. The zero-order chi connectivity index (χ0) is 11.6. The van der Waals surface area contributed by atoms with Crippen molar-refractivity contribution in [1.82, 2.24) is 5.32 Å². The van der Waals surface area contributed by atoms with Gasteiger partial charge in [0.05, 0.1) is 5.60 Å². The summed E-state index contributed by atoms with van der Waals surface area (Å²) in [6.07, 6.45) is 2.96. The SMILES string of the molecule is OC1(CNCc2cc(Cl)ccc2Br)CCC1. The molecule has 0 saturated heterocycles. The minimum atomic E-state index is -0.467. The molecule has 0 aliphatic heterocycles. The molecule has 2 N–H and O–H groups in total. The molecule has 0 atom stereocenters. The first-order chi connectivity index (χ1) is 7.59. The van der Waals surface area contributed by atoms with Gasteiger partial charge in [-0.2, -0.15) is 0 Å². The second-order valence-corrected chi connectivity index (χ2v) is 5.71. The van der Waals surface area contributed by atoms with Gasteiger partial charge in [-0.05, 0) is 43.0 Å². The third-order valence-electron chi connectivity index (χ3n) is 3.06. The molecule has 1 aromatic rings. The Morgan fingerprint density at radius 3 is 2.81 bits per heavy atom. The summed E-state index contributed by atoms with van der Waals surface area (Å²) in [6, 6.07) is 5.73. The van der Waals surface area contributed by atoms with E-state index in [0.29, 0.717) is 6.54 Å². The largest absolute Gasteiger partial charge is 0.389 e. The van der Waals surface area contributed by atoms with Gasteiger partial charge >= 0.3 is 0 Å². The van der Waals surface area contributed by atoms with Crippen molar-refractivity contribution in [2.75, 3.05) is 6.54 Å². The maximum absolute atomic E-state index is 9.91. The van der Waals surface area contributed by atoms with Crippen molar-refractivity contribution in [2.24, 2.45) is 0 Å². The van der Waals surface area contributed by atoms with Crippen LogP contribution >= 0.6 is 27.5 Å². The van der Waals surface area contributed by atoms with Crippen LogP contribution in [0.1, 0.15) is 24.8 Å². The number of hydrogen-bond donors (Lipinski definition) is 2. The van der Waals surface area contributed by atoms with Crippen LogP contribution in [0.5, 0.6) is 0 Å². The van der Waals surface area contributed by atoms with E-state index in [4.69, 9.17) is 11.6 Å². The number of rotatable bonds is 4. The monoisotopic (exact) mass is 303 g/mol. The van der Waals surface area contributed by atoms with Crippen LogP contribution in [0.3, 0.4) is 0 Å². The van der Waals surface area contributed by atoms with Gasteiger partial charge in [0, 0.05) is 22.6 Å². The molecule has 16 heavy (non-hydrogen) atoms. The third kappa shape index (κ3) is 2.98. The van der Waals surface area contributed by atoms with Crippen LogP contribution < -0.4 is 5.32 Å². The van der Waals surface area contributed by atoms with E-state index in [2.05, 4.69) is 21.2 Å². The van der Waals surface area contributed by atoms with Crippen molar-refractivity contribution in [3.8, 4) is 0 Å². The second kappa shape index (κ2) is 5.05. The highest BCUT2D eigenvalue weighted by molar-refractivity contribution is 9.10. The summed E-state index contributed by atoms with van der Waals surface area (Å²) in [7, 11) is 0. The highest BCUT2D eigenvalue weighted by atomic mass is 79.9. The molecule has 0 amide bonds. The fourth-order valence-electron chi connectivity index (χ4n) is 1.87. The smallest absolute Gasteiger partial charge is 0.0771 e. The molecule has 0 unspecified atom stereocenters. The van der Waals surface area contributed by atoms with Crippen LogP contribution in [-0.2, 0) is 6.54 Å². The summed E-state index contributed by atoms with van der Waals surface area (Å²) in [5, 5.41) is 13.9. The van der Waals surface area contributed by atoms with Crippen molar-refractivity contribution in [3.05, 3.63) is 33.3 Å². The third-order valence-corrected chi connectivity index (χ3v) is 4.07. The van der Waals surface area contributed by atoms with Crippen molar-refractivity contribution < 1.29 is 5.11 Å². The van der Waals surface area contributed by atoms with E-state index >= 15 is 0 Å². The molecule has 2 nitrogen and oxygen atoms in total. The Labute approximate surface area is 109 Å². The van der Waals surface area contributed by atoms with Gasteiger partial charge in [0.1, 0.15) is 0 Å². The van der Waals surface area contributed by atoms with Gasteiger partial charge in [-0.25, -0.2) is 0 Å². The molecule has 0 radical (unpaired) electrons. The van der Waals surface area contributed by atoms with Gasteiger partial charge in [0.15, 0.2) is 0 Å². The zero-order valence-electron chi connectivity index (χ0n) is 8.97. The normalized spacial score (nSPS) is 18.2. The van der Waals surface area contributed by atoms with Gasteiger partial charge in [-0.3, -0.25) is 0 Å². The van der Waals surface area contributed by atoms with E-state index in [0.717, 1.165) is 40.9 Å². The van der Waals surface area contributed by atoms with Crippen LogP contribution in [-0.4, -0.2) is 17.3 Å². The molecule has 1 aliphatic rings. The minimum Gasteiger partial charge on any atom is -0.389 e. The number of halogens is 2. The fourth-order valence-corrected chi connectivity index (χ4v) is 2.45. The van der Waals surface area contributed by atoms with Gasteiger partial charge < -0.3 is 10.4 Å². The Morgan fingerprint density at radius 2 is 2.19 bits per heavy atom. The van der Waals surface area contributed by atoms with Crippen LogP contribution in [0.4, 0.5) is 0 Å². The minimum absolute atomic E-state index is 0.467. The highest BCUT2D eigenvalue weighted by Crippen LogP contribution is 2.30. The Morgan fingerprint density at radius 1 is 1.44 bits per heavy atom. The van der Waals surface area contributed by atoms with Gasteiger partial charge in [-0.1, -0.05) is 27.5 Å². The summed E-state index contributed by atoms with van der Waals surface area (Å²) in [5.74, 6) is 0. The molecule has 0 bridgehead atoms. The second-order valence-electron chi connectivity index (χ2n) is 4.42. The molecule has 0 spiro atoms. The lowest BCUT2D eigenvalue weighted by Gasteiger charge is -2.36. The lowest BCUT2D eigenvalue weighted by Crippen LogP contribution is -2.46. The summed E-state index contributed by atoms with van der Waals surface area (Å²) in [5.41, 5.74) is 0.654. The molecule has 0 heterocycles. The number of aliphatic hydroxyl groups is 1. The Kier molecular flexibility index (Phi) is 3.90. The first kappa shape index (κ1) is 12.4. The first-order valence-electron chi connectivity index (χ1n) is 5.46. The molecular formula is C12H15BrClNO. The van der Waals surface area contributed by atoms with E-state index < -0.39 is 5.60 Å². The fraction of sp³-hybridized carbons (Fsp3) is 0.500. The Hall–Kier alpha value is -0.0900. The van der Waals surface area contributed by atoms with E-state index in [1.165, 1.54) is 0 Å². The Balaban J connectivity index is 1.87. The standard InChI is InChI=1S/C12H15BrClNO/c13-11-3-2-10(14)6-9(11)7-15-8-12(16)4-1-5-12/h2-3,6,15-16H,1,4-5,7-8H2. The molecule has 1 aromatic carbocycles. The van der Waals surface area contributed by atoms with Gasteiger partial charge in [0.25, 0.3) is 0 Å². The van der Waals surface area contributed by atoms with Crippen molar-refractivity contribution in [3.63, 3.8) is 0 Å². The molecule has 0 aromatic heterocycles. The van der Waals surface area contributed by atoms with E-state index in [1.807, 2.05) is 18.2 Å². The van der Waals surface area contributed by atoms with E-state index in [9.17, 15) is 5.11 Å². The van der Waals surface area contributed by atoms with E-state index in [-0.39, 0.29) is 0 Å². The van der Waals surface area contributed by atoms with Crippen LogP contribution in [0.2, 0.25) is 5.02 Å². The predicted octanol–water partition coefficient (Wildman–Crippen LogP) is 3.11. The van der Waals surface area contributed by atoms with Crippen molar-refractivity contribution in [2.45, 2.75) is 31.4 Å². The molecule has 4 heteroatoms. The quantitative estimate of drug-likeness (QED) is 0.896.